The number of furan rings is 1. The molecule has 1 amide bonds. The third-order valence-electron chi connectivity index (χ3n) is 7.97. The molecule has 3 heterocycles. The molecule has 198 valence electrons. The van der Waals surface area contributed by atoms with Crippen LogP contribution in [0.3, 0.4) is 0 Å². The number of carbonyl (C=O) groups is 1. The topological polar surface area (TPSA) is 51.3 Å². The van der Waals surface area contributed by atoms with E-state index in [0.29, 0.717) is 31.0 Å². The summed E-state index contributed by atoms with van der Waals surface area (Å²) in [5.41, 5.74) is 3.30. The van der Waals surface area contributed by atoms with E-state index in [4.69, 9.17) is 9.40 Å². The average molecular weight is 530 g/mol. The smallest absolute Gasteiger partial charge is 0.418 e. The number of alkyl halides is 3. The van der Waals surface area contributed by atoms with E-state index in [1.165, 1.54) is 6.07 Å². The molecule has 1 saturated carbocycles. The maximum absolute atomic E-state index is 14.1. The Labute approximate surface area is 222 Å². The zero-order valence-electron chi connectivity index (χ0n) is 21.1. The molecule has 1 aliphatic carbocycles. The molecule has 39 heavy (non-hydrogen) atoms. The molecule has 0 spiro atoms. The van der Waals surface area contributed by atoms with Crippen molar-refractivity contribution in [3.63, 3.8) is 0 Å². The van der Waals surface area contributed by atoms with E-state index in [1.807, 2.05) is 53.4 Å². The van der Waals surface area contributed by atoms with Crippen molar-refractivity contribution in [3.05, 3.63) is 78.6 Å². The number of nitrogens with zero attached hydrogens (tertiary/aromatic N) is 3. The molecule has 0 unspecified atom stereocenters. The first kappa shape index (κ1) is 24.0. The van der Waals surface area contributed by atoms with Crippen molar-refractivity contribution in [1.29, 1.82) is 0 Å². The molecule has 5 aromatic rings. The highest BCUT2D eigenvalue weighted by Crippen LogP contribution is 2.39. The van der Waals surface area contributed by atoms with Crippen molar-refractivity contribution in [2.75, 3.05) is 13.1 Å². The number of aromatic nitrogens is 2. The van der Waals surface area contributed by atoms with Gasteiger partial charge in [-0.05, 0) is 66.6 Å². The van der Waals surface area contributed by atoms with Gasteiger partial charge in [0.15, 0.2) is 0 Å². The monoisotopic (exact) mass is 529 g/mol. The molecule has 0 bridgehead atoms. The molecule has 1 atom stereocenters. The van der Waals surface area contributed by atoms with E-state index in [1.54, 1.807) is 16.9 Å². The van der Waals surface area contributed by atoms with Crippen LogP contribution in [0.5, 0.6) is 0 Å². The number of carbonyl (C=O) groups excluding carboxylic acids is 1. The normalized spacial score (nSPS) is 17.9. The van der Waals surface area contributed by atoms with Crippen molar-refractivity contribution in [3.8, 4) is 22.5 Å². The second-order valence-corrected chi connectivity index (χ2v) is 10.7. The molecule has 0 N–H and O–H groups in total. The first-order valence-corrected chi connectivity index (χ1v) is 13.3. The Morgan fingerprint density at radius 2 is 1.72 bits per heavy atom. The fraction of sp³-hybridized carbons (Fsp3) is 0.290. The lowest BCUT2D eigenvalue weighted by Gasteiger charge is -2.19. The van der Waals surface area contributed by atoms with Crippen LogP contribution in [-0.4, -0.2) is 33.4 Å². The molecule has 1 aliphatic heterocycles. The van der Waals surface area contributed by atoms with Crippen LogP contribution in [0.2, 0.25) is 0 Å². The highest BCUT2D eigenvalue weighted by molar-refractivity contribution is 5.86. The quantitative estimate of drug-likeness (QED) is 0.239. The number of hydrogen-bond donors (Lipinski definition) is 0. The minimum absolute atomic E-state index is 0.0612. The third kappa shape index (κ3) is 4.37. The zero-order valence-corrected chi connectivity index (χ0v) is 21.1. The van der Waals surface area contributed by atoms with E-state index in [9.17, 15) is 18.0 Å². The summed E-state index contributed by atoms with van der Waals surface area (Å²) in [7, 11) is 0. The highest BCUT2D eigenvalue weighted by Gasteiger charge is 2.38. The third-order valence-corrected chi connectivity index (χ3v) is 7.97. The van der Waals surface area contributed by atoms with Gasteiger partial charge in [-0.2, -0.15) is 13.2 Å². The molecule has 5 nitrogen and oxygen atoms in total. The van der Waals surface area contributed by atoms with Gasteiger partial charge in [0.1, 0.15) is 11.4 Å². The molecular formula is C31H26F3N3O2. The maximum atomic E-state index is 14.1. The van der Waals surface area contributed by atoms with E-state index in [-0.39, 0.29) is 23.3 Å². The van der Waals surface area contributed by atoms with Crippen LogP contribution in [0.1, 0.15) is 24.8 Å². The Kier molecular flexibility index (Phi) is 5.54. The van der Waals surface area contributed by atoms with E-state index >= 15 is 0 Å². The van der Waals surface area contributed by atoms with Crippen molar-refractivity contribution < 1.29 is 22.4 Å². The summed E-state index contributed by atoms with van der Waals surface area (Å²) in [4.78, 5) is 19.2. The Morgan fingerprint density at radius 1 is 0.949 bits per heavy atom. The summed E-state index contributed by atoms with van der Waals surface area (Å²) >= 11 is 0. The van der Waals surface area contributed by atoms with Gasteiger partial charge in [-0.15, -0.1) is 0 Å². The predicted molar refractivity (Wildman–Crippen MR) is 143 cm³/mol. The van der Waals surface area contributed by atoms with Crippen LogP contribution >= 0.6 is 0 Å². The van der Waals surface area contributed by atoms with Crippen LogP contribution < -0.4 is 0 Å². The highest BCUT2D eigenvalue weighted by atomic mass is 19.4. The largest absolute Gasteiger partial charge is 0.464 e. The van der Waals surface area contributed by atoms with Gasteiger partial charge in [0.25, 0.3) is 0 Å². The maximum Gasteiger partial charge on any atom is 0.418 e. The number of rotatable bonds is 5. The van der Waals surface area contributed by atoms with Gasteiger partial charge in [-0.1, -0.05) is 36.4 Å². The van der Waals surface area contributed by atoms with Gasteiger partial charge in [-0.25, -0.2) is 4.98 Å². The Hall–Kier alpha value is -4.07. The van der Waals surface area contributed by atoms with Gasteiger partial charge in [0.2, 0.25) is 5.91 Å². The fourth-order valence-electron chi connectivity index (χ4n) is 5.80. The molecular weight excluding hydrogens is 503 g/mol. The number of likely N-dealkylation sites (tertiary alicyclic amines) is 1. The first-order valence-electron chi connectivity index (χ1n) is 13.3. The number of halogens is 3. The molecule has 3 aromatic carbocycles. The lowest BCUT2D eigenvalue weighted by atomic mass is 10.0. The molecule has 2 aliphatic rings. The molecule has 8 heteroatoms. The molecule has 2 fully saturated rings. The van der Waals surface area contributed by atoms with Gasteiger partial charge >= 0.3 is 6.18 Å². The van der Waals surface area contributed by atoms with Crippen LogP contribution in [-0.2, 0) is 17.5 Å². The van der Waals surface area contributed by atoms with Crippen LogP contribution in [0.15, 0.2) is 77.4 Å². The van der Waals surface area contributed by atoms with Crippen molar-refractivity contribution in [1.82, 2.24) is 14.5 Å². The Morgan fingerprint density at radius 3 is 2.49 bits per heavy atom. The molecule has 7 rings (SSSR count). The van der Waals surface area contributed by atoms with Crippen LogP contribution in [0.25, 0.3) is 44.5 Å². The van der Waals surface area contributed by atoms with Gasteiger partial charge in [0.05, 0.1) is 22.9 Å². The molecule has 1 saturated heterocycles. The van der Waals surface area contributed by atoms with Gasteiger partial charge in [-0.3, -0.25) is 4.79 Å². The first-order chi connectivity index (χ1) is 18.8. The Balaban J connectivity index is 1.27. The van der Waals surface area contributed by atoms with Crippen molar-refractivity contribution >= 4 is 27.9 Å². The second-order valence-electron chi connectivity index (χ2n) is 10.7. The van der Waals surface area contributed by atoms with E-state index < -0.39 is 11.7 Å². The summed E-state index contributed by atoms with van der Waals surface area (Å²) < 4.78 is 49.5. The van der Waals surface area contributed by atoms with Gasteiger partial charge < -0.3 is 13.9 Å². The second kappa shape index (κ2) is 9.00. The summed E-state index contributed by atoms with van der Waals surface area (Å²) in [5.74, 6) is 0.892. The van der Waals surface area contributed by atoms with Crippen molar-refractivity contribution in [2.45, 2.75) is 32.0 Å². The minimum Gasteiger partial charge on any atom is -0.464 e. The standard InChI is InChI=1S/C31H26F3N3O2/c32-31(33,34)25-2-1-3-26-28(25)37(18-19-12-14-36(17-19)30(38)22-8-9-22)29(35-26)21-6-4-20(5-7-21)23-10-11-27-24(16-23)13-15-39-27/h1-7,10-11,13,15-16,19,22H,8-9,12,14,17-18H2/t19-/m1/s1. The zero-order chi connectivity index (χ0) is 26.7. The van der Waals surface area contributed by atoms with Crippen LogP contribution in [0.4, 0.5) is 13.2 Å². The summed E-state index contributed by atoms with van der Waals surface area (Å²) in [6.07, 6.45) is -0.202. The number of amides is 1. The van der Waals surface area contributed by atoms with Crippen LogP contribution in [0, 0.1) is 11.8 Å². The molecule has 2 aromatic heterocycles. The number of benzene rings is 3. The molecule has 0 radical (unpaired) electrons. The number of hydrogen-bond acceptors (Lipinski definition) is 3. The summed E-state index contributed by atoms with van der Waals surface area (Å²) in [5, 5.41) is 1.00. The number of imidazole rings is 1. The Bertz CT molecular complexity index is 1700. The lowest BCUT2D eigenvalue weighted by molar-refractivity contribution is -0.136. The predicted octanol–water partition coefficient (Wildman–Crippen LogP) is 7.39. The van der Waals surface area contributed by atoms with Gasteiger partial charge in [0, 0.05) is 36.5 Å². The minimum atomic E-state index is -4.51. The average Bonchev–Trinajstić information content (AvgIpc) is 3.32. The lowest BCUT2D eigenvalue weighted by Crippen LogP contribution is -2.30. The summed E-state index contributed by atoms with van der Waals surface area (Å²) in [6.45, 7) is 1.59. The van der Waals surface area contributed by atoms with E-state index in [0.717, 1.165) is 53.0 Å². The van der Waals surface area contributed by atoms with E-state index in [2.05, 4.69) is 0 Å². The number of fused-ring (bicyclic) bond motifs is 2. The SMILES string of the molecule is O=C(C1CC1)N1CC[C@@H](Cn2c(-c3ccc(-c4ccc5occc5c4)cc3)nc3cccc(C(F)(F)F)c32)C1. The summed E-state index contributed by atoms with van der Waals surface area (Å²) in [6, 6.07) is 19.8. The fourth-order valence-corrected chi connectivity index (χ4v) is 5.80. The number of para-hydroxylation sites is 1. The van der Waals surface area contributed by atoms with Crippen molar-refractivity contribution in [2.24, 2.45) is 11.8 Å².